The Morgan fingerprint density at radius 2 is 1.71 bits per heavy atom. The van der Waals surface area contributed by atoms with Crippen molar-refractivity contribution in [1.82, 2.24) is 20.6 Å². The van der Waals surface area contributed by atoms with Gasteiger partial charge in [0.1, 0.15) is 0 Å². The molecule has 3 N–H and O–H groups in total. The summed E-state index contributed by atoms with van der Waals surface area (Å²) in [6, 6.07) is 22.7. The number of urea groups is 1. The molecule has 5 rings (SSSR count). The van der Waals surface area contributed by atoms with Crippen molar-refractivity contribution in [3.05, 3.63) is 94.0 Å². The molecule has 0 unspecified atom stereocenters. The minimum Gasteiger partial charge on any atom is -0.307 e. The van der Waals surface area contributed by atoms with Gasteiger partial charge in [0.15, 0.2) is 0 Å². The molecule has 0 aliphatic heterocycles. The molecule has 0 bridgehead atoms. The molecule has 3 aromatic carbocycles. The number of carbonyl (C=O) groups excluding carboxylic acids is 2. The van der Waals surface area contributed by atoms with Crippen LogP contribution in [0.3, 0.4) is 0 Å². The highest BCUT2D eigenvalue weighted by molar-refractivity contribution is 9.10. The van der Waals surface area contributed by atoms with Crippen molar-refractivity contribution in [2.75, 3.05) is 15.5 Å². The van der Waals surface area contributed by atoms with Crippen LogP contribution < -0.4 is 15.5 Å². The Morgan fingerprint density at radius 3 is 2.39 bits per heavy atom. The molecule has 0 saturated heterocycles. The topological polar surface area (TPSA) is 116 Å². The average molecular weight is 574 g/mol. The molecule has 0 spiro atoms. The molecular weight excluding hydrogens is 546 g/mol. The van der Waals surface area contributed by atoms with Crippen molar-refractivity contribution in [3.63, 3.8) is 0 Å². The Morgan fingerprint density at radius 1 is 0.947 bits per heavy atom. The smallest absolute Gasteiger partial charge is 0.307 e. The number of rotatable bonds is 7. The van der Waals surface area contributed by atoms with Crippen molar-refractivity contribution in [1.29, 1.82) is 0 Å². The number of tetrazole rings is 1. The highest BCUT2D eigenvalue weighted by atomic mass is 79.9. The van der Waals surface area contributed by atoms with Crippen molar-refractivity contribution >= 4 is 45.2 Å². The van der Waals surface area contributed by atoms with Crippen LogP contribution >= 0.6 is 15.9 Å². The van der Waals surface area contributed by atoms with Gasteiger partial charge in [-0.05, 0) is 77.6 Å². The summed E-state index contributed by atoms with van der Waals surface area (Å²) < 4.78 is 0.883. The number of anilines is 3. The molecule has 1 aromatic heterocycles. The van der Waals surface area contributed by atoms with Gasteiger partial charge in [-0.1, -0.05) is 70.6 Å². The third kappa shape index (κ3) is 6.44. The maximum atomic E-state index is 13.5. The first-order chi connectivity index (χ1) is 18.5. The third-order valence-corrected chi connectivity index (χ3v) is 7.22. The molecule has 38 heavy (non-hydrogen) atoms. The van der Waals surface area contributed by atoms with Gasteiger partial charge in [-0.15, -0.1) is 5.10 Å². The first-order valence-electron chi connectivity index (χ1n) is 12.6. The number of nitrogens with one attached hydrogen (secondary N) is 3. The van der Waals surface area contributed by atoms with Gasteiger partial charge in [0.2, 0.25) is 0 Å². The maximum Gasteiger partial charge on any atom is 0.326 e. The average Bonchev–Trinajstić information content (AvgIpc) is 3.46. The number of benzene rings is 3. The second-order valence-corrected chi connectivity index (χ2v) is 10.3. The molecule has 4 aromatic rings. The van der Waals surface area contributed by atoms with Crippen molar-refractivity contribution in [2.45, 2.75) is 44.6 Å². The Bertz CT molecular complexity index is 1370. The van der Waals surface area contributed by atoms with Crippen molar-refractivity contribution in [2.24, 2.45) is 0 Å². The van der Waals surface area contributed by atoms with E-state index in [2.05, 4.69) is 59.3 Å². The first-order valence-corrected chi connectivity index (χ1v) is 13.4. The van der Waals surface area contributed by atoms with Gasteiger partial charge in [0.25, 0.3) is 11.9 Å². The van der Waals surface area contributed by atoms with Crippen LogP contribution in [0.4, 0.5) is 22.1 Å². The van der Waals surface area contributed by atoms with Crippen LogP contribution in [0.1, 0.15) is 59.5 Å². The number of halogens is 1. The van der Waals surface area contributed by atoms with Crippen molar-refractivity contribution in [3.8, 4) is 0 Å². The van der Waals surface area contributed by atoms with Gasteiger partial charge in [-0.2, -0.15) is 5.21 Å². The van der Waals surface area contributed by atoms with E-state index < -0.39 is 0 Å². The van der Waals surface area contributed by atoms with Crippen LogP contribution in [0.5, 0.6) is 0 Å². The van der Waals surface area contributed by atoms with Gasteiger partial charge >= 0.3 is 6.03 Å². The van der Waals surface area contributed by atoms with Gasteiger partial charge in [0, 0.05) is 21.4 Å². The molecule has 1 aliphatic carbocycles. The Kier molecular flexibility index (Phi) is 8.08. The highest BCUT2D eigenvalue weighted by Gasteiger charge is 2.20. The molecule has 1 heterocycles. The summed E-state index contributed by atoms with van der Waals surface area (Å²) in [5.74, 6) is 0.347. The monoisotopic (exact) mass is 573 g/mol. The lowest BCUT2D eigenvalue weighted by molar-refractivity contribution is 0.102. The largest absolute Gasteiger partial charge is 0.326 e. The van der Waals surface area contributed by atoms with E-state index in [9.17, 15) is 9.59 Å². The minimum absolute atomic E-state index is 0.103. The summed E-state index contributed by atoms with van der Waals surface area (Å²) in [6.45, 7) is 0.329. The third-order valence-electron chi connectivity index (χ3n) is 6.73. The van der Waals surface area contributed by atoms with Crippen molar-refractivity contribution < 1.29 is 9.59 Å². The predicted molar refractivity (Wildman–Crippen MR) is 150 cm³/mol. The second-order valence-electron chi connectivity index (χ2n) is 9.34. The molecule has 10 heteroatoms. The van der Waals surface area contributed by atoms with Gasteiger partial charge in [0.05, 0.1) is 6.54 Å². The highest BCUT2D eigenvalue weighted by Crippen LogP contribution is 2.33. The zero-order valence-corrected chi connectivity index (χ0v) is 22.3. The first kappa shape index (κ1) is 25.6. The number of aromatic amines is 1. The van der Waals surface area contributed by atoms with Crippen LogP contribution in [0.2, 0.25) is 0 Å². The number of carbonyl (C=O) groups is 2. The maximum absolute atomic E-state index is 13.5. The molecule has 0 radical (unpaired) electrons. The fourth-order valence-corrected chi connectivity index (χ4v) is 5.13. The molecule has 1 saturated carbocycles. The lowest BCUT2D eigenvalue weighted by Crippen LogP contribution is -2.34. The number of nitrogens with zero attached hydrogens (tertiary/aromatic N) is 4. The number of aromatic nitrogens is 4. The van der Waals surface area contributed by atoms with E-state index in [1.807, 2.05) is 48.5 Å². The zero-order valence-electron chi connectivity index (χ0n) is 20.7. The lowest BCUT2D eigenvalue weighted by Gasteiger charge is -2.26. The van der Waals surface area contributed by atoms with Gasteiger partial charge in [-0.25, -0.2) is 4.79 Å². The van der Waals surface area contributed by atoms with E-state index in [4.69, 9.17) is 0 Å². The molecule has 194 valence electrons. The van der Waals surface area contributed by atoms with E-state index in [1.54, 1.807) is 17.0 Å². The molecule has 1 aliphatic rings. The van der Waals surface area contributed by atoms with E-state index in [0.29, 0.717) is 23.7 Å². The second kappa shape index (κ2) is 12.0. The molecule has 1 fully saturated rings. The van der Waals surface area contributed by atoms with E-state index in [1.165, 1.54) is 37.7 Å². The van der Waals surface area contributed by atoms with Gasteiger partial charge < -0.3 is 5.32 Å². The number of hydrogen-bond acceptors (Lipinski definition) is 5. The summed E-state index contributed by atoms with van der Waals surface area (Å²) in [4.78, 5) is 27.6. The Balaban J connectivity index is 1.35. The SMILES string of the molecule is O=C(Nc1nn[nH]n1)c1ccc(CN(C(=O)Nc2cccc(Br)c2)c2ccc(C3CCCCC3)cc2)cc1. The Hall–Kier alpha value is -4.05. The summed E-state index contributed by atoms with van der Waals surface area (Å²) >= 11 is 3.46. The van der Waals surface area contributed by atoms with Crippen LogP contribution in [-0.4, -0.2) is 32.6 Å². The summed E-state index contributed by atoms with van der Waals surface area (Å²) in [5, 5.41) is 18.8. The van der Waals surface area contributed by atoms with Gasteiger partial charge in [-0.3, -0.25) is 15.0 Å². The fourth-order valence-electron chi connectivity index (χ4n) is 4.73. The lowest BCUT2D eigenvalue weighted by atomic mass is 9.84. The molecular formula is C28H28BrN7O2. The van der Waals surface area contributed by atoms with Crippen LogP contribution in [-0.2, 0) is 6.54 Å². The standard InChI is InChI=1S/C28H28BrN7O2/c29-23-7-4-8-24(17-23)30-28(38)36(25-15-13-21(14-16-25)20-5-2-1-3-6-20)18-19-9-11-22(12-10-19)26(37)31-27-32-34-35-33-27/h4,7-17,20H,1-3,5-6,18H2,(H,30,38)(H2,31,32,33,34,35,37). The fraction of sp³-hybridized carbons (Fsp3) is 0.250. The normalized spacial score (nSPS) is 13.6. The summed E-state index contributed by atoms with van der Waals surface area (Å²) in [6.07, 6.45) is 6.31. The summed E-state index contributed by atoms with van der Waals surface area (Å²) in [5.41, 5.74) is 4.15. The van der Waals surface area contributed by atoms with Crippen LogP contribution in [0.25, 0.3) is 0 Å². The Labute approximate surface area is 229 Å². The minimum atomic E-state index is -0.347. The quantitative estimate of drug-likeness (QED) is 0.233. The van der Waals surface area contributed by atoms with E-state index in [-0.39, 0.29) is 17.9 Å². The summed E-state index contributed by atoms with van der Waals surface area (Å²) in [7, 11) is 0. The molecule has 0 atom stereocenters. The van der Waals surface area contributed by atoms with Crippen LogP contribution in [0.15, 0.2) is 77.3 Å². The van der Waals surface area contributed by atoms with Crippen LogP contribution in [0, 0.1) is 0 Å². The van der Waals surface area contributed by atoms with E-state index in [0.717, 1.165) is 15.7 Å². The number of H-pyrrole nitrogens is 1. The number of amides is 3. The molecule has 3 amide bonds. The predicted octanol–water partition coefficient (Wildman–Crippen LogP) is 6.50. The number of hydrogen-bond donors (Lipinski definition) is 3. The zero-order chi connectivity index (χ0) is 26.3. The van der Waals surface area contributed by atoms with E-state index >= 15 is 0 Å². The molecule has 9 nitrogen and oxygen atoms in total.